The first-order chi connectivity index (χ1) is 19.8. The van der Waals surface area contributed by atoms with Crippen LogP contribution in [0, 0.1) is 17.8 Å². The van der Waals surface area contributed by atoms with E-state index in [1.807, 2.05) is 58.0 Å². The molecule has 0 saturated carbocycles. The third-order valence-corrected chi connectivity index (χ3v) is 7.94. The Kier molecular flexibility index (Phi) is 14.3. The Morgan fingerprint density at radius 3 is 2.24 bits per heavy atom. The topological polar surface area (TPSA) is 165 Å². The van der Waals surface area contributed by atoms with Crippen LogP contribution in [-0.2, 0) is 30.4 Å². The van der Waals surface area contributed by atoms with E-state index in [0.717, 1.165) is 5.56 Å². The molecule has 2 rings (SSSR count). The second-order valence-corrected chi connectivity index (χ2v) is 12.3. The number of likely N-dealkylation sites (tertiary alicyclic amines) is 1. The van der Waals surface area contributed by atoms with Crippen molar-refractivity contribution >= 4 is 29.3 Å². The minimum atomic E-state index is -0.864. The van der Waals surface area contributed by atoms with Gasteiger partial charge in [0.25, 0.3) is 0 Å². The molecule has 5 atom stereocenters. The van der Waals surface area contributed by atoms with Crippen LogP contribution in [0.3, 0.4) is 0 Å². The molecule has 0 aliphatic carbocycles. The average molecular weight is 586 g/mol. The fourth-order valence-corrected chi connectivity index (χ4v) is 5.36. The predicted molar refractivity (Wildman–Crippen MR) is 163 cm³/mol. The van der Waals surface area contributed by atoms with Gasteiger partial charge in [-0.3, -0.25) is 24.0 Å². The number of nitrogens with two attached hydrogens (primary N) is 2. The highest BCUT2D eigenvalue weighted by Gasteiger charge is 2.39. The number of carbonyl (C=O) groups excluding carboxylic acids is 5. The van der Waals surface area contributed by atoms with Gasteiger partial charge < -0.3 is 27.0 Å². The monoisotopic (exact) mass is 585 g/mol. The SMILES string of the molecule is CC(=O)[C@@H](N)CCCNC(=O)[C@@H](CC(=O)[C@@H]1CCCN1C(=O)[C@@H](Cc1ccccc1)NC(=O)[C@@H](N)CC(C)C)C(C)C. The van der Waals surface area contributed by atoms with Gasteiger partial charge in [-0.2, -0.15) is 0 Å². The quantitative estimate of drug-likeness (QED) is 0.203. The maximum atomic E-state index is 13.9. The van der Waals surface area contributed by atoms with Gasteiger partial charge in [0.2, 0.25) is 17.7 Å². The fraction of sp³-hybridized carbons (Fsp3) is 0.656. The minimum absolute atomic E-state index is 0.0138. The lowest BCUT2D eigenvalue weighted by Crippen LogP contribution is -2.55. The summed E-state index contributed by atoms with van der Waals surface area (Å²) in [7, 11) is 0. The van der Waals surface area contributed by atoms with E-state index in [2.05, 4.69) is 10.6 Å². The van der Waals surface area contributed by atoms with E-state index in [-0.39, 0.29) is 54.0 Å². The summed E-state index contributed by atoms with van der Waals surface area (Å²) in [5.41, 5.74) is 12.8. The van der Waals surface area contributed by atoms with Crippen LogP contribution in [0.4, 0.5) is 0 Å². The Bertz CT molecular complexity index is 1060. The molecule has 10 nitrogen and oxygen atoms in total. The van der Waals surface area contributed by atoms with Crippen LogP contribution in [0.2, 0.25) is 0 Å². The first kappa shape index (κ1) is 35.1. The summed E-state index contributed by atoms with van der Waals surface area (Å²) in [6.07, 6.45) is 3.00. The summed E-state index contributed by atoms with van der Waals surface area (Å²) < 4.78 is 0. The lowest BCUT2D eigenvalue weighted by molar-refractivity contribution is -0.142. The lowest BCUT2D eigenvalue weighted by atomic mass is 9.87. The van der Waals surface area contributed by atoms with Crippen LogP contribution in [0.15, 0.2) is 30.3 Å². The van der Waals surface area contributed by atoms with Gasteiger partial charge in [-0.05, 0) is 56.4 Å². The molecule has 0 spiro atoms. The Morgan fingerprint density at radius 1 is 0.976 bits per heavy atom. The highest BCUT2D eigenvalue weighted by molar-refractivity contribution is 5.95. The summed E-state index contributed by atoms with van der Waals surface area (Å²) in [5, 5.41) is 5.75. The van der Waals surface area contributed by atoms with Gasteiger partial charge in [-0.15, -0.1) is 0 Å². The van der Waals surface area contributed by atoms with E-state index < -0.39 is 30.1 Å². The molecular formula is C32H51N5O5. The molecular weight excluding hydrogens is 534 g/mol. The molecule has 0 unspecified atom stereocenters. The smallest absolute Gasteiger partial charge is 0.246 e. The molecule has 1 aliphatic rings. The van der Waals surface area contributed by atoms with Crippen molar-refractivity contribution in [1.82, 2.24) is 15.5 Å². The van der Waals surface area contributed by atoms with Crippen molar-refractivity contribution in [2.24, 2.45) is 29.2 Å². The molecule has 0 radical (unpaired) electrons. The van der Waals surface area contributed by atoms with Gasteiger partial charge >= 0.3 is 0 Å². The average Bonchev–Trinajstić information content (AvgIpc) is 3.43. The van der Waals surface area contributed by atoms with Gasteiger partial charge in [-0.25, -0.2) is 0 Å². The van der Waals surface area contributed by atoms with Crippen LogP contribution in [0.1, 0.15) is 78.7 Å². The number of hydrogen-bond donors (Lipinski definition) is 4. The molecule has 6 N–H and O–H groups in total. The van der Waals surface area contributed by atoms with Gasteiger partial charge in [0, 0.05) is 31.8 Å². The molecule has 234 valence electrons. The summed E-state index contributed by atoms with van der Waals surface area (Å²) in [6, 6.07) is 6.62. The molecule has 1 aromatic rings. The van der Waals surface area contributed by atoms with E-state index in [1.165, 1.54) is 6.92 Å². The van der Waals surface area contributed by atoms with E-state index in [4.69, 9.17) is 11.5 Å². The highest BCUT2D eigenvalue weighted by atomic mass is 16.2. The first-order valence-corrected chi connectivity index (χ1v) is 15.3. The van der Waals surface area contributed by atoms with E-state index in [0.29, 0.717) is 45.2 Å². The van der Waals surface area contributed by atoms with Gasteiger partial charge in [-0.1, -0.05) is 58.0 Å². The molecule has 1 heterocycles. The third kappa shape index (κ3) is 10.9. The number of hydrogen-bond acceptors (Lipinski definition) is 7. The Hall–Kier alpha value is -3.11. The molecule has 1 saturated heterocycles. The number of benzene rings is 1. The second kappa shape index (κ2) is 17.1. The Morgan fingerprint density at radius 2 is 1.64 bits per heavy atom. The first-order valence-electron chi connectivity index (χ1n) is 15.3. The molecule has 1 aromatic carbocycles. The number of ketones is 2. The molecule has 1 fully saturated rings. The minimum Gasteiger partial charge on any atom is -0.356 e. The number of nitrogens with zero attached hydrogens (tertiary/aromatic N) is 1. The van der Waals surface area contributed by atoms with Crippen molar-refractivity contribution in [2.45, 2.75) is 104 Å². The van der Waals surface area contributed by atoms with E-state index in [9.17, 15) is 24.0 Å². The van der Waals surface area contributed by atoms with Crippen molar-refractivity contribution in [3.8, 4) is 0 Å². The largest absolute Gasteiger partial charge is 0.356 e. The molecule has 42 heavy (non-hydrogen) atoms. The zero-order valence-corrected chi connectivity index (χ0v) is 25.9. The highest BCUT2D eigenvalue weighted by Crippen LogP contribution is 2.25. The molecule has 10 heteroatoms. The standard InChI is InChI=1S/C32H51N5O5/c1-20(2)17-26(34)31(41)36-27(18-23-11-7-6-8-12-23)32(42)37-16-10-14-28(37)29(39)19-24(21(3)4)30(40)35-15-9-13-25(33)22(5)38/h6-8,11-12,20-21,24-28H,9-10,13-19,33-34H2,1-5H3,(H,35,40)(H,36,41)/t24-,25-,26-,27+,28-/m0/s1. The van der Waals surface area contributed by atoms with E-state index in [1.54, 1.807) is 4.90 Å². The number of Topliss-reactive ketones (excluding diaryl/α,β-unsaturated/α-hetero) is 2. The molecule has 3 amide bonds. The zero-order chi connectivity index (χ0) is 31.4. The van der Waals surface area contributed by atoms with Crippen molar-refractivity contribution in [3.05, 3.63) is 35.9 Å². The maximum absolute atomic E-state index is 13.9. The molecule has 1 aliphatic heterocycles. The summed E-state index contributed by atoms with van der Waals surface area (Å²) in [6.45, 7) is 9.97. The van der Waals surface area contributed by atoms with Crippen LogP contribution in [0.5, 0.6) is 0 Å². The van der Waals surface area contributed by atoms with Crippen LogP contribution < -0.4 is 22.1 Å². The normalized spacial score (nSPS) is 17.9. The van der Waals surface area contributed by atoms with E-state index >= 15 is 0 Å². The number of nitrogens with one attached hydrogen (secondary N) is 2. The molecule has 0 aromatic heterocycles. The van der Waals surface area contributed by atoms with Crippen molar-refractivity contribution < 1.29 is 24.0 Å². The Balaban J connectivity index is 2.11. The molecule has 0 bridgehead atoms. The lowest BCUT2D eigenvalue weighted by Gasteiger charge is -2.30. The predicted octanol–water partition coefficient (Wildman–Crippen LogP) is 2.12. The zero-order valence-electron chi connectivity index (χ0n) is 25.9. The van der Waals surface area contributed by atoms with Gasteiger partial charge in [0.15, 0.2) is 5.78 Å². The van der Waals surface area contributed by atoms with Crippen LogP contribution >= 0.6 is 0 Å². The number of rotatable bonds is 17. The summed E-state index contributed by atoms with van der Waals surface area (Å²) in [4.78, 5) is 66.3. The van der Waals surface area contributed by atoms with Crippen LogP contribution in [0.25, 0.3) is 0 Å². The van der Waals surface area contributed by atoms with Gasteiger partial charge in [0.05, 0.1) is 18.1 Å². The summed E-state index contributed by atoms with van der Waals surface area (Å²) in [5.74, 6) is -1.59. The third-order valence-electron chi connectivity index (χ3n) is 7.94. The number of carbonyl (C=O) groups is 5. The van der Waals surface area contributed by atoms with Gasteiger partial charge in [0.1, 0.15) is 11.8 Å². The van der Waals surface area contributed by atoms with Crippen LogP contribution in [-0.4, -0.2) is 71.4 Å². The summed E-state index contributed by atoms with van der Waals surface area (Å²) >= 11 is 0. The Labute approximate surface area is 250 Å². The maximum Gasteiger partial charge on any atom is 0.246 e. The number of amides is 3. The second-order valence-electron chi connectivity index (χ2n) is 12.3. The van der Waals surface area contributed by atoms with Crippen molar-refractivity contribution in [3.63, 3.8) is 0 Å². The van der Waals surface area contributed by atoms with Crippen molar-refractivity contribution in [1.29, 1.82) is 0 Å². The van der Waals surface area contributed by atoms with Crippen molar-refractivity contribution in [2.75, 3.05) is 13.1 Å². The fourth-order valence-electron chi connectivity index (χ4n) is 5.36.